The Kier molecular flexibility index (Phi) is 4.87. The van der Waals surface area contributed by atoms with Crippen LogP contribution in [-0.2, 0) is 13.6 Å². The Morgan fingerprint density at radius 2 is 2.04 bits per heavy atom. The fourth-order valence-electron chi connectivity index (χ4n) is 2.66. The second-order valence-electron chi connectivity index (χ2n) is 5.90. The van der Waals surface area contributed by atoms with E-state index < -0.39 is 0 Å². The molecule has 0 fully saturated rings. The van der Waals surface area contributed by atoms with E-state index in [2.05, 4.69) is 21.5 Å². The Morgan fingerprint density at radius 3 is 2.72 bits per heavy atom. The van der Waals surface area contributed by atoms with Gasteiger partial charge in [0.1, 0.15) is 5.82 Å². The van der Waals surface area contributed by atoms with Crippen LogP contribution in [0.4, 0.5) is 4.39 Å². The number of benzene rings is 1. The van der Waals surface area contributed by atoms with Crippen LogP contribution in [0.5, 0.6) is 0 Å². The van der Waals surface area contributed by atoms with Gasteiger partial charge in [-0.1, -0.05) is 12.1 Å². The number of aromatic nitrogens is 3. The fourth-order valence-corrected chi connectivity index (χ4v) is 2.66. The van der Waals surface area contributed by atoms with Crippen molar-refractivity contribution in [3.8, 4) is 17.3 Å². The van der Waals surface area contributed by atoms with E-state index in [0.29, 0.717) is 12.1 Å². The predicted molar refractivity (Wildman–Crippen MR) is 92.8 cm³/mol. The molecule has 0 amide bonds. The Hall–Kier alpha value is -3.04. The molecule has 0 saturated carbocycles. The highest BCUT2D eigenvalue weighted by molar-refractivity contribution is 5.63. The number of pyridine rings is 1. The molecule has 25 heavy (non-hydrogen) atoms. The minimum absolute atomic E-state index is 0.0442. The van der Waals surface area contributed by atoms with Gasteiger partial charge >= 0.3 is 0 Å². The predicted octanol–water partition coefficient (Wildman–Crippen LogP) is 3.34. The molecule has 6 heteroatoms. The monoisotopic (exact) mass is 335 g/mol. The molecule has 0 saturated heterocycles. The first-order valence-electron chi connectivity index (χ1n) is 7.93. The highest BCUT2D eigenvalue weighted by atomic mass is 19.1. The second-order valence-corrected chi connectivity index (χ2v) is 5.90. The molecule has 0 unspecified atom stereocenters. The van der Waals surface area contributed by atoms with Crippen LogP contribution < -0.4 is 5.32 Å². The number of nitriles is 1. The SMILES string of the molecule is C[C@H](NCc1cn(C)nc1-c1ccc(C#N)cc1)c1cncc(F)c1. The Bertz CT molecular complexity index is 908. The summed E-state index contributed by atoms with van der Waals surface area (Å²) in [6.45, 7) is 2.55. The number of hydrogen-bond donors (Lipinski definition) is 1. The van der Waals surface area contributed by atoms with Gasteiger partial charge < -0.3 is 5.32 Å². The van der Waals surface area contributed by atoms with Gasteiger partial charge in [-0.15, -0.1) is 0 Å². The van der Waals surface area contributed by atoms with E-state index in [-0.39, 0.29) is 11.9 Å². The van der Waals surface area contributed by atoms with Crippen LogP contribution in [0.1, 0.15) is 29.7 Å². The van der Waals surface area contributed by atoms with E-state index in [0.717, 1.165) is 22.4 Å². The molecular weight excluding hydrogens is 317 g/mol. The molecule has 5 nitrogen and oxygen atoms in total. The van der Waals surface area contributed by atoms with Crippen molar-refractivity contribution in [1.82, 2.24) is 20.1 Å². The largest absolute Gasteiger partial charge is 0.306 e. The minimum atomic E-state index is -0.342. The van der Waals surface area contributed by atoms with E-state index in [1.165, 1.54) is 12.3 Å². The molecule has 2 aromatic heterocycles. The van der Waals surface area contributed by atoms with E-state index in [9.17, 15) is 4.39 Å². The van der Waals surface area contributed by atoms with Crippen molar-refractivity contribution in [3.63, 3.8) is 0 Å². The Labute approximate surface area is 145 Å². The lowest BCUT2D eigenvalue weighted by atomic mass is 10.1. The summed E-state index contributed by atoms with van der Waals surface area (Å²) in [5.74, 6) is -0.342. The van der Waals surface area contributed by atoms with Gasteiger partial charge in [0.25, 0.3) is 0 Å². The zero-order chi connectivity index (χ0) is 17.8. The summed E-state index contributed by atoms with van der Waals surface area (Å²) >= 11 is 0. The summed E-state index contributed by atoms with van der Waals surface area (Å²) in [4.78, 5) is 3.89. The van der Waals surface area contributed by atoms with E-state index >= 15 is 0 Å². The molecule has 1 atom stereocenters. The Morgan fingerprint density at radius 1 is 1.28 bits per heavy atom. The molecule has 0 bridgehead atoms. The van der Waals surface area contributed by atoms with Gasteiger partial charge in [0, 0.05) is 43.2 Å². The minimum Gasteiger partial charge on any atom is -0.306 e. The summed E-state index contributed by atoms with van der Waals surface area (Å²) < 4.78 is 15.1. The molecular formula is C19H18FN5. The standard InChI is InChI=1S/C19H18FN5/c1-13(16-7-18(20)11-22-9-16)23-10-17-12-25(2)24-19(17)15-5-3-14(8-21)4-6-15/h3-7,9,11-13,23H,10H2,1-2H3/t13-/m0/s1. The van der Waals surface area contributed by atoms with Crippen LogP contribution in [-0.4, -0.2) is 14.8 Å². The molecule has 3 aromatic rings. The van der Waals surface area contributed by atoms with Crippen LogP contribution in [0.2, 0.25) is 0 Å². The van der Waals surface area contributed by atoms with Gasteiger partial charge in [-0.3, -0.25) is 9.67 Å². The number of aryl methyl sites for hydroxylation is 1. The molecule has 0 spiro atoms. The number of nitrogens with one attached hydrogen (secondary N) is 1. The summed E-state index contributed by atoms with van der Waals surface area (Å²) in [6, 6.07) is 10.9. The normalized spacial score (nSPS) is 11.9. The topological polar surface area (TPSA) is 66.5 Å². The van der Waals surface area contributed by atoms with Crippen LogP contribution in [0.3, 0.4) is 0 Å². The van der Waals surface area contributed by atoms with Crippen molar-refractivity contribution >= 4 is 0 Å². The zero-order valence-corrected chi connectivity index (χ0v) is 14.1. The lowest BCUT2D eigenvalue weighted by Crippen LogP contribution is -2.18. The van der Waals surface area contributed by atoms with Gasteiger partial charge in [-0.25, -0.2) is 4.39 Å². The van der Waals surface area contributed by atoms with Crippen molar-refractivity contribution in [1.29, 1.82) is 5.26 Å². The van der Waals surface area contributed by atoms with Gasteiger partial charge in [-0.05, 0) is 30.7 Å². The number of halogens is 1. The van der Waals surface area contributed by atoms with Crippen molar-refractivity contribution in [2.24, 2.45) is 7.05 Å². The number of nitrogens with zero attached hydrogens (tertiary/aromatic N) is 4. The van der Waals surface area contributed by atoms with Crippen LogP contribution in [0, 0.1) is 17.1 Å². The first-order chi connectivity index (χ1) is 12.1. The van der Waals surface area contributed by atoms with Crippen LogP contribution in [0.15, 0.2) is 48.9 Å². The lowest BCUT2D eigenvalue weighted by molar-refractivity contribution is 0.561. The number of rotatable bonds is 5. The van der Waals surface area contributed by atoms with E-state index in [1.54, 1.807) is 23.0 Å². The maximum atomic E-state index is 13.3. The molecule has 0 aliphatic rings. The van der Waals surface area contributed by atoms with Crippen molar-refractivity contribution in [3.05, 3.63) is 71.4 Å². The molecule has 1 aromatic carbocycles. The van der Waals surface area contributed by atoms with Crippen molar-refractivity contribution in [2.75, 3.05) is 0 Å². The second kappa shape index (κ2) is 7.24. The van der Waals surface area contributed by atoms with Crippen LogP contribution in [0.25, 0.3) is 11.3 Å². The van der Waals surface area contributed by atoms with Gasteiger partial charge in [-0.2, -0.15) is 10.4 Å². The molecule has 2 heterocycles. The van der Waals surface area contributed by atoms with E-state index in [1.807, 2.05) is 32.3 Å². The third-order valence-corrected chi connectivity index (χ3v) is 4.02. The van der Waals surface area contributed by atoms with Gasteiger partial charge in [0.05, 0.1) is 23.5 Å². The maximum absolute atomic E-state index is 13.3. The summed E-state index contributed by atoms with van der Waals surface area (Å²) in [5, 5.41) is 16.8. The molecule has 1 N–H and O–H groups in total. The van der Waals surface area contributed by atoms with E-state index in [4.69, 9.17) is 5.26 Å². The molecule has 0 aliphatic heterocycles. The number of hydrogen-bond acceptors (Lipinski definition) is 4. The van der Waals surface area contributed by atoms with Crippen molar-refractivity contribution in [2.45, 2.75) is 19.5 Å². The van der Waals surface area contributed by atoms with Crippen molar-refractivity contribution < 1.29 is 4.39 Å². The lowest BCUT2D eigenvalue weighted by Gasteiger charge is -2.14. The van der Waals surface area contributed by atoms with Crippen LogP contribution >= 0.6 is 0 Å². The molecule has 3 rings (SSSR count). The Balaban J connectivity index is 1.78. The zero-order valence-electron chi connectivity index (χ0n) is 14.1. The van der Waals surface area contributed by atoms with Gasteiger partial charge in [0.2, 0.25) is 0 Å². The third kappa shape index (κ3) is 3.90. The summed E-state index contributed by atoms with van der Waals surface area (Å²) in [7, 11) is 1.87. The third-order valence-electron chi connectivity index (χ3n) is 4.02. The maximum Gasteiger partial charge on any atom is 0.141 e. The average molecular weight is 335 g/mol. The molecule has 0 aliphatic carbocycles. The first kappa shape index (κ1) is 16.8. The fraction of sp³-hybridized carbons (Fsp3) is 0.211. The quantitative estimate of drug-likeness (QED) is 0.776. The molecule has 0 radical (unpaired) electrons. The smallest absolute Gasteiger partial charge is 0.141 e. The van der Waals surface area contributed by atoms with Gasteiger partial charge in [0.15, 0.2) is 0 Å². The first-order valence-corrected chi connectivity index (χ1v) is 7.93. The summed E-state index contributed by atoms with van der Waals surface area (Å²) in [6.07, 6.45) is 4.81. The highest BCUT2D eigenvalue weighted by Crippen LogP contribution is 2.23. The summed E-state index contributed by atoms with van der Waals surface area (Å²) in [5.41, 5.74) is 4.26. The highest BCUT2D eigenvalue weighted by Gasteiger charge is 2.12. The average Bonchev–Trinajstić information content (AvgIpc) is 3.00. The molecule has 126 valence electrons.